The van der Waals surface area contributed by atoms with Gasteiger partial charge in [-0.1, -0.05) is 24.3 Å². The summed E-state index contributed by atoms with van der Waals surface area (Å²) in [7, 11) is -3.81. The Kier molecular flexibility index (Phi) is 13.2. The maximum atomic E-state index is 14.9. The normalized spacial score (nSPS) is 16.4. The Bertz CT molecular complexity index is 2150. The van der Waals surface area contributed by atoms with E-state index in [0.717, 1.165) is 10.8 Å². The van der Waals surface area contributed by atoms with Crippen molar-refractivity contribution in [1.29, 1.82) is 0 Å². The summed E-state index contributed by atoms with van der Waals surface area (Å²) >= 11 is 0. The summed E-state index contributed by atoms with van der Waals surface area (Å²) in [5.74, 6) is -3.95. The van der Waals surface area contributed by atoms with E-state index in [9.17, 15) is 36.3 Å². The summed E-state index contributed by atoms with van der Waals surface area (Å²) in [6.45, 7) is 9.29. The molecule has 3 atom stereocenters. The lowest BCUT2D eigenvalue weighted by Gasteiger charge is -2.33. The van der Waals surface area contributed by atoms with Gasteiger partial charge in [-0.25, -0.2) is 18.2 Å². The molecular formula is C38H43F3N4O9S. The molecule has 0 unspecified atom stereocenters. The average Bonchev–Trinajstić information content (AvgIpc) is 3.57. The number of carboxylic acids is 2. The molecule has 1 aliphatic rings. The first-order valence-corrected chi connectivity index (χ1v) is 18.8. The van der Waals surface area contributed by atoms with E-state index >= 15 is 0 Å². The van der Waals surface area contributed by atoms with E-state index in [4.69, 9.17) is 25.1 Å². The van der Waals surface area contributed by atoms with Crippen molar-refractivity contribution in [3.05, 3.63) is 84.1 Å². The lowest BCUT2D eigenvalue weighted by atomic mass is 9.93. The number of halogens is 3. The minimum atomic E-state index is -5.08. The quantitative estimate of drug-likeness (QED) is 0.119. The van der Waals surface area contributed by atoms with Crippen LogP contribution in [0.15, 0.2) is 77.8 Å². The molecule has 4 aromatic rings. The number of carbonyl (C=O) groups excluding carboxylic acids is 1. The van der Waals surface area contributed by atoms with Gasteiger partial charge in [-0.2, -0.15) is 13.2 Å². The van der Waals surface area contributed by atoms with Gasteiger partial charge in [0.2, 0.25) is 5.91 Å². The molecular weight excluding hydrogens is 745 g/mol. The fraction of sp³-hybridized carbons (Fsp3) is 0.368. The fourth-order valence-corrected chi connectivity index (χ4v) is 7.45. The van der Waals surface area contributed by atoms with Crippen molar-refractivity contribution in [2.75, 3.05) is 24.2 Å². The van der Waals surface area contributed by atoms with Crippen molar-refractivity contribution in [1.82, 2.24) is 9.88 Å². The number of hydrogen-bond acceptors (Lipinski definition) is 10. The molecule has 5 rings (SSSR count). The highest BCUT2D eigenvalue weighted by molar-refractivity contribution is 7.92. The van der Waals surface area contributed by atoms with Crippen LogP contribution in [0.4, 0.5) is 24.7 Å². The minimum absolute atomic E-state index is 0.0232. The zero-order chi connectivity index (χ0) is 40.8. The van der Waals surface area contributed by atoms with Gasteiger partial charge in [0.1, 0.15) is 11.9 Å². The number of nitrogens with zero attached hydrogens (tertiary/aromatic N) is 2. The fourth-order valence-electron chi connectivity index (χ4n) is 6.16. The Morgan fingerprint density at radius 2 is 1.67 bits per heavy atom. The number of aliphatic carboxylic acids is 2. The van der Waals surface area contributed by atoms with Crippen LogP contribution in [0, 0.1) is 5.92 Å². The van der Waals surface area contributed by atoms with Gasteiger partial charge in [-0.3, -0.25) is 9.59 Å². The number of hydrogen-bond donors (Lipinski definition) is 4. The number of carbonyl (C=O) groups is 3. The van der Waals surface area contributed by atoms with Crippen LogP contribution >= 0.6 is 0 Å². The van der Waals surface area contributed by atoms with E-state index in [-0.39, 0.29) is 29.5 Å². The highest BCUT2D eigenvalue weighted by Gasteiger charge is 2.46. The summed E-state index contributed by atoms with van der Waals surface area (Å²) < 4.78 is 70.6. The van der Waals surface area contributed by atoms with E-state index in [2.05, 4.69) is 10.3 Å². The summed E-state index contributed by atoms with van der Waals surface area (Å²) in [4.78, 5) is 42.1. The zero-order valence-corrected chi connectivity index (χ0v) is 31.5. The molecule has 1 aromatic heterocycles. The Morgan fingerprint density at radius 1 is 1.00 bits per heavy atom. The summed E-state index contributed by atoms with van der Waals surface area (Å²) in [5, 5.41) is 21.6. The molecule has 0 bridgehead atoms. The number of carboxylic acid groups (broad SMARTS) is 2. The number of likely N-dealkylation sites (tertiary alicyclic amines) is 1. The average molecular weight is 789 g/mol. The molecule has 1 amide bonds. The Labute approximate surface area is 316 Å². The smallest absolute Gasteiger partial charge is 0.490 e. The number of nitrogens with one attached hydrogen (secondary N) is 1. The third-order valence-electron chi connectivity index (χ3n) is 8.72. The van der Waals surface area contributed by atoms with Gasteiger partial charge in [-0.05, 0) is 100 Å². The number of rotatable bonds is 12. The first kappa shape index (κ1) is 42.2. The van der Waals surface area contributed by atoms with Gasteiger partial charge in [0, 0.05) is 23.8 Å². The van der Waals surface area contributed by atoms with Crippen LogP contribution in [-0.4, -0.2) is 77.0 Å². The second-order valence-electron chi connectivity index (χ2n) is 13.2. The number of amides is 1. The largest absolute Gasteiger partial charge is 0.490 e. The van der Waals surface area contributed by atoms with E-state index < -0.39 is 57.1 Å². The third kappa shape index (κ3) is 9.75. The highest BCUT2D eigenvalue weighted by Crippen LogP contribution is 2.43. The number of anilines is 2. The number of aromatic nitrogens is 1. The van der Waals surface area contributed by atoms with Crippen molar-refractivity contribution in [2.24, 2.45) is 5.92 Å². The predicted molar refractivity (Wildman–Crippen MR) is 199 cm³/mol. The first-order valence-electron chi connectivity index (χ1n) is 17.3. The van der Waals surface area contributed by atoms with E-state index in [1.807, 2.05) is 39.0 Å². The van der Waals surface area contributed by atoms with Crippen LogP contribution in [0.3, 0.4) is 0 Å². The lowest BCUT2D eigenvalue weighted by Crippen LogP contribution is -2.40. The number of pyridine rings is 1. The van der Waals surface area contributed by atoms with E-state index in [1.165, 1.54) is 11.0 Å². The van der Waals surface area contributed by atoms with Crippen molar-refractivity contribution >= 4 is 50.0 Å². The van der Waals surface area contributed by atoms with Crippen molar-refractivity contribution in [2.45, 2.75) is 75.5 Å². The van der Waals surface area contributed by atoms with Gasteiger partial charge in [0.25, 0.3) is 0 Å². The number of nitrogen functional groups attached to an aromatic ring is 1. The number of ether oxygens (including phenoxy) is 2. The molecule has 17 heteroatoms. The molecule has 0 radical (unpaired) electrons. The van der Waals surface area contributed by atoms with E-state index in [1.54, 1.807) is 62.5 Å². The number of sulfone groups is 1. The minimum Gasteiger partial charge on any atom is -0.490 e. The van der Waals surface area contributed by atoms with Crippen LogP contribution < -0.4 is 20.5 Å². The molecule has 13 nitrogen and oxygen atoms in total. The molecule has 1 fully saturated rings. The maximum absolute atomic E-state index is 14.9. The molecule has 3 aromatic carbocycles. The molecule has 55 heavy (non-hydrogen) atoms. The number of benzene rings is 3. The summed E-state index contributed by atoms with van der Waals surface area (Å²) in [6, 6.07) is 16.9. The van der Waals surface area contributed by atoms with Crippen LogP contribution in [0.2, 0.25) is 0 Å². The maximum Gasteiger partial charge on any atom is 0.490 e. The molecule has 5 N–H and O–H groups in total. The standard InChI is InChI=1S/C36H42N4O7S.C2HF3O2/c1-6-46-30-20-24(11-14-29(30)47-21(2)3)32(39-25-12-13-26-23(19-25)15-17-38-34(26)37)35(41)40-18-16-28(36(42)43)33(40)27-9-7-8-10-31(27)48(44,45)22(4)5;3-2(4,5)1(6)7/h7-15,17,19-22,28,32-33,39H,6,16,18H2,1-5H3,(H2,37,38)(H,42,43);(H,6,7)/t28-,32+,33-;/m0./s1. The third-order valence-corrected chi connectivity index (χ3v) is 10.9. The number of fused-ring (bicyclic) bond motifs is 1. The molecule has 2 heterocycles. The second kappa shape index (κ2) is 17.3. The van der Waals surface area contributed by atoms with Crippen LogP contribution in [0.5, 0.6) is 11.5 Å². The molecule has 1 aliphatic heterocycles. The zero-order valence-electron chi connectivity index (χ0n) is 30.7. The first-order chi connectivity index (χ1) is 25.8. The van der Waals surface area contributed by atoms with Crippen LogP contribution in [0.1, 0.15) is 64.3 Å². The van der Waals surface area contributed by atoms with Crippen molar-refractivity contribution < 1.29 is 55.7 Å². The van der Waals surface area contributed by atoms with Gasteiger partial charge in [0.05, 0.1) is 34.8 Å². The second-order valence-corrected chi connectivity index (χ2v) is 15.6. The van der Waals surface area contributed by atoms with Gasteiger partial charge in [0.15, 0.2) is 21.3 Å². The molecule has 0 aliphatic carbocycles. The predicted octanol–water partition coefficient (Wildman–Crippen LogP) is 6.65. The number of alkyl halides is 3. The highest BCUT2D eigenvalue weighted by atomic mass is 32.2. The molecule has 1 saturated heterocycles. The van der Waals surface area contributed by atoms with E-state index in [0.29, 0.717) is 35.2 Å². The molecule has 296 valence electrons. The van der Waals surface area contributed by atoms with Crippen LogP contribution in [0.25, 0.3) is 10.8 Å². The van der Waals surface area contributed by atoms with Gasteiger partial charge in [-0.15, -0.1) is 0 Å². The summed E-state index contributed by atoms with van der Waals surface area (Å²) in [6.07, 6.45) is -3.44. The van der Waals surface area contributed by atoms with Crippen molar-refractivity contribution in [3.63, 3.8) is 0 Å². The molecule has 0 saturated carbocycles. The van der Waals surface area contributed by atoms with Crippen molar-refractivity contribution in [3.8, 4) is 11.5 Å². The Morgan fingerprint density at radius 3 is 2.27 bits per heavy atom. The topological polar surface area (TPSA) is 198 Å². The Hall–Kier alpha value is -5.58. The van der Waals surface area contributed by atoms with Gasteiger partial charge >= 0.3 is 18.1 Å². The lowest BCUT2D eigenvalue weighted by molar-refractivity contribution is -0.192. The SMILES string of the molecule is CCOc1cc([C@@H](Nc2ccc3c(N)nccc3c2)C(=O)N2CC[C@H](C(=O)O)[C@@H]2c2ccccc2S(=O)(=O)C(C)C)ccc1OC(C)C.O=C(O)C(F)(F)F. The number of nitrogens with two attached hydrogens (primary N) is 1. The Balaban J connectivity index is 0.000000876. The van der Waals surface area contributed by atoms with Crippen LogP contribution in [-0.2, 0) is 24.2 Å². The summed E-state index contributed by atoms with van der Waals surface area (Å²) in [5.41, 5.74) is 7.53. The monoisotopic (exact) mass is 788 g/mol. The van der Waals surface area contributed by atoms with Gasteiger partial charge < -0.3 is 35.6 Å². The molecule has 0 spiro atoms.